The third-order valence-corrected chi connectivity index (χ3v) is 6.57. The molecule has 8 heteroatoms. The lowest BCUT2D eigenvalue weighted by Gasteiger charge is -2.18. The average Bonchev–Trinajstić information content (AvgIpc) is 3.43. The fraction of sp³-hybridized carbons (Fsp3) is 0.304. The Bertz CT molecular complexity index is 1100. The first-order valence-corrected chi connectivity index (χ1v) is 10.3. The van der Waals surface area contributed by atoms with E-state index in [-0.39, 0.29) is 58.4 Å². The SMILES string of the molecule is O=C1[C@@H]2[C@H](C(=O)N1c1ccc(NCCc3ccccc3F)c([N+](=O)[O-])c1)[C@H]1C=C[C@H]2C1. The highest BCUT2D eigenvalue weighted by molar-refractivity contribution is 6.23. The number of benzene rings is 2. The highest BCUT2D eigenvalue weighted by Crippen LogP contribution is 2.53. The number of imide groups is 1. The smallest absolute Gasteiger partial charge is 0.294 e. The van der Waals surface area contributed by atoms with Gasteiger partial charge in [-0.05, 0) is 48.4 Å². The van der Waals surface area contributed by atoms with E-state index < -0.39 is 4.92 Å². The number of nitro benzene ring substituents is 1. The number of carbonyl (C=O) groups excluding carboxylic acids is 2. The largest absolute Gasteiger partial charge is 0.379 e. The zero-order valence-electron chi connectivity index (χ0n) is 16.5. The molecule has 0 unspecified atom stereocenters. The van der Waals surface area contributed by atoms with E-state index >= 15 is 0 Å². The number of allylic oxidation sites excluding steroid dienone is 2. The van der Waals surface area contributed by atoms with Crippen molar-refractivity contribution < 1.29 is 18.9 Å². The number of hydrogen-bond acceptors (Lipinski definition) is 5. The van der Waals surface area contributed by atoms with Crippen molar-refractivity contribution in [1.29, 1.82) is 0 Å². The first-order valence-electron chi connectivity index (χ1n) is 10.3. The molecular formula is C23H20FN3O4. The Labute approximate surface area is 177 Å². The first kappa shape index (κ1) is 19.4. The van der Waals surface area contributed by atoms with Crippen molar-refractivity contribution in [2.45, 2.75) is 12.8 Å². The van der Waals surface area contributed by atoms with Gasteiger partial charge in [-0.1, -0.05) is 30.4 Å². The summed E-state index contributed by atoms with van der Waals surface area (Å²) in [6, 6.07) is 10.7. The van der Waals surface area contributed by atoms with Gasteiger partial charge in [-0.15, -0.1) is 0 Å². The molecule has 1 saturated heterocycles. The Kier molecular flexibility index (Phi) is 4.57. The Balaban J connectivity index is 1.36. The van der Waals surface area contributed by atoms with Crippen molar-refractivity contribution in [2.24, 2.45) is 23.7 Å². The number of carbonyl (C=O) groups is 2. The van der Waals surface area contributed by atoms with Gasteiger partial charge in [0.25, 0.3) is 5.69 Å². The van der Waals surface area contributed by atoms with Crippen LogP contribution < -0.4 is 10.2 Å². The van der Waals surface area contributed by atoms with Gasteiger partial charge in [0.1, 0.15) is 11.5 Å². The van der Waals surface area contributed by atoms with Crippen LogP contribution in [0.4, 0.5) is 21.5 Å². The molecule has 5 rings (SSSR count). The van der Waals surface area contributed by atoms with Crippen LogP contribution in [0.3, 0.4) is 0 Å². The number of rotatable bonds is 6. The van der Waals surface area contributed by atoms with Gasteiger partial charge in [0.05, 0.1) is 22.4 Å². The number of amides is 2. The topological polar surface area (TPSA) is 92.6 Å². The minimum atomic E-state index is -0.550. The van der Waals surface area contributed by atoms with Crippen LogP contribution in [-0.2, 0) is 16.0 Å². The van der Waals surface area contributed by atoms with E-state index in [0.29, 0.717) is 18.5 Å². The van der Waals surface area contributed by atoms with E-state index in [9.17, 15) is 24.1 Å². The maximum Gasteiger partial charge on any atom is 0.294 e. The fourth-order valence-electron chi connectivity index (χ4n) is 5.15. The van der Waals surface area contributed by atoms with Crippen LogP contribution in [0, 0.1) is 39.6 Å². The molecule has 1 heterocycles. The van der Waals surface area contributed by atoms with Gasteiger partial charge in [-0.25, -0.2) is 9.29 Å². The van der Waals surface area contributed by atoms with E-state index in [0.717, 1.165) is 11.3 Å². The van der Waals surface area contributed by atoms with Crippen molar-refractivity contribution in [3.8, 4) is 0 Å². The Morgan fingerprint density at radius 3 is 2.39 bits per heavy atom. The molecule has 158 valence electrons. The number of nitrogens with zero attached hydrogens (tertiary/aromatic N) is 2. The van der Waals surface area contributed by atoms with Crippen molar-refractivity contribution in [3.05, 3.63) is 76.1 Å². The average molecular weight is 421 g/mol. The van der Waals surface area contributed by atoms with E-state index in [2.05, 4.69) is 5.32 Å². The first-order chi connectivity index (χ1) is 15.0. The third kappa shape index (κ3) is 3.10. The molecule has 7 nitrogen and oxygen atoms in total. The molecule has 2 aromatic rings. The monoisotopic (exact) mass is 421 g/mol. The summed E-state index contributed by atoms with van der Waals surface area (Å²) in [4.78, 5) is 38.1. The number of hydrogen-bond donors (Lipinski definition) is 1. The predicted octanol–water partition coefficient (Wildman–Crippen LogP) is 3.70. The van der Waals surface area contributed by atoms with Gasteiger partial charge in [0.15, 0.2) is 0 Å². The van der Waals surface area contributed by atoms with Crippen LogP contribution in [0.1, 0.15) is 12.0 Å². The summed E-state index contributed by atoms with van der Waals surface area (Å²) < 4.78 is 13.8. The number of nitrogens with one attached hydrogen (secondary N) is 1. The molecule has 0 radical (unpaired) electrons. The quantitative estimate of drug-likeness (QED) is 0.332. The summed E-state index contributed by atoms with van der Waals surface area (Å²) in [5, 5.41) is 14.6. The Morgan fingerprint density at radius 1 is 1.06 bits per heavy atom. The van der Waals surface area contributed by atoms with Crippen molar-refractivity contribution >= 4 is 28.9 Å². The van der Waals surface area contributed by atoms with Gasteiger partial charge < -0.3 is 5.32 Å². The minimum Gasteiger partial charge on any atom is -0.379 e. The lowest BCUT2D eigenvalue weighted by atomic mass is 9.85. The summed E-state index contributed by atoms with van der Waals surface area (Å²) in [5.74, 6) is -1.45. The summed E-state index contributed by atoms with van der Waals surface area (Å²) in [6.07, 6.45) is 5.19. The lowest BCUT2D eigenvalue weighted by molar-refractivity contribution is -0.383. The second-order valence-corrected chi connectivity index (χ2v) is 8.24. The summed E-state index contributed by atoms with van der Waals surface area (Å²) in [6.45, 7) is 0.294. The summed E-state index contributed by atoms with van der Waals surface area (Å²) in [7, 11) is 0. The van der Waals surface area contributed by atoms with Crippen LogP contribution in [-0.4, -0.2) is 23.3 Å². The number of halogens is 1. The normalized spacial score (nSPS) is 25.9. The molecule has 0 aromatic heterocycles. The molecule has 2 amide bonds. The molecular weight excluding hydrogens is 401 g/mol. The third-order valence-electron chi connectivity index (χ3n) is 6.57. The highest BCUT2D eigenvalue weighted by atomic mass is 19.1. The molecule has 1 N–H and O–H groups in total. The van der Waals surface area contributed by atoms with Crippen molar-refractivity contribution in [1.82, 2.24) is 0 Å². The van der Waals surface area contributed by atoms with E-state index in [1.807, 2.05) is 12.2 Å². The molecule has 31 heavy (non-hydrogen) atoms. The molecule has 3 aliphatic rings. The molecule has 1 saturated carbocycles. The molecule has 2 bridgehead atoms. The van der Waals surface area contributed by atoms with Crippen LogP contribution >= 0.6 is 0 Å². The highest BCUT2D eigenvalue weighted by Gasteiger charge is 2.59. The molecule has 2 fully saturated rings. The zero-order valence-corrected chi connectivity index (χ0v) is 16.5. The van der Waals surface area contributed by atoms with Crippen molar-refractivity contribution in [2.75, 3.05) is 16.8 Å². The lowest BCUT2D eigenvalue weighted by Crippen LogP contribution is -2.32. The predicted molar refractivity (Wildman–Crippen MR) is 112 cm³/mol. The standard InChI is InChI=1S/C23H20FN3O4/c24-17-4-2-1-3-13(17)9-10-25-18-8-7-16(12-19(18)27(30)31)26-22(28)20-14-5-6-15(11-14)21(20)23(26)29/h1-8,12,14-15,20-21,25H,9-11H2/t14-,15-,20-,21+/m0/s1. The second kappa shape index (κ2) is 7.30. The molecule has 2 aliphatic carbocycles. The molecule has 4 atom stereocenters. The number of nitro groups is 1. The molecule has 1 aliphatic heterocycles. The van der Waals surface area contributed by atoms with E-state index in [1.165, 1.54) is 18.2 Å². The van der Waals surface area contributed by atoms with Crippen molar-refractivity contribution in [3.63, 3.8) is 0 Å². The maximum absolute atomic E-state index is 13.8. The maximum atomic E-state index is 13.8. The van der Waals surface area contributed by atoms with E-state index in [1.54, 1.807) is 24.3 Å². The molecule has 0 spiro atoms. The minimum absolute atomic E-state index is 0.0748. The fourth-order valence-corrected chi connectivity index (χ4v) is 5.15. The summed E-state index contributed by atoms with van der Waals surface area (Å²) >= 11 is 0. The van der Waals surface area contributed by atoms with Gasteiger partial charge in [0.2, 0.25) is 11.8 Å². The number of anilines is 2. The van der Waals surface area contributed by atoms with Crippen LogP contribution in [0.15, 0.2) is 54.6 Å². The Morgan fingerprint density at radius 2 is 1.74 bits per heavy atom. The van der Waals surface area contributed by atoms with Gasteiger partial charge in [0, 0.05) is 12.6 Å². The Hall–Kier alpha value is -3.55. The molecule has 2 aromatic carbocycles. The summed E-state index contributed by atoms with van der Waals surface area (Å²) in [5.41, 5.74) is 0.753. The van der Waals surface area contributed by atoms with Gasteiger partial charge in [-0.2, -0.15) is 0 Å². The van der Waals surface area contributed by atoms with Gasteiger partial charge >= 0.3 is 0 Å². The van der Waals surface area contributed by atoms with Gasteiger partial charge in [-0.3, -0.25) is 19.7 Å². The second-order valence-electron chi connectivity index (χ2n) is 8.24. The zero-order chi connectivity index (χ0) is 21.7. The van der Waals surface area contributed by atoms with Crippen LogP contribution in [0.25, 0.3) is 0 Å². The van der Waals surface area contributed by atoms with Crippen LogP contribution in [0.5, 0.6) is 0 Å². The number of fused-ring (bicyclic) bond motifs is 5. The van der Waals surface area contributed by atoms with E-state index in [4.69, 9.17) is 0 Å². The van der Waals surface area contributed by atoms with Crippen LogP contribution in [0.2, 0.25) is 0 Å².